The fourth-order valence-corrected chi connectivity index (χ4v) is 9.40. The average Bonchev–Trinajstić information content (AvgIpc) is 3.35. The van der Waals surface area contributed by atoms with Crippen molar-refractivity contribution in [2.45, 2.75) is 204 Å². The van der Waals surface area contributed by atoms with Crippen LogP contribution in [-0.2, 0) is 66.4 Å². The molecule has 0 saturated carbocycles. The van der Waals surface area contributed by atoms with Crippen molar-refractivity contribution in [2.24, 2.45) is 0 Å². The molecule has 12 bridgehead atoms. The van der Waals surface area contributed by atoms with Crippen molar-refractivity contribution in [3.63, 3.8) is 0 Å². The SMILES string of the molecule is CC(=O)C(C)O[C@@H]1[C@@H](O)[C@H]2O[C@H]3[C@H](O)[C@@H](O)[C@@H](O[C@H]4[C@H](O)[C@@H](O)[C@@H](O[C@H]5[C@H](O)[C@@H](O)[C@@H](O[C@H]6[C@H](O)[C@@H](O)[C@@H](O[C@H]7[C@H](O)[C@@H](O)[C@@H](O[C@H]1[C@@H](CO)O2)O[C@@H]7CO)O[C@@H]6CO)O[C@@H]5CO)O[C@@H]4CO)O[C@@H]3CO. The van der Waals surface area contributed by atoms with Crippen LogP contribution in [0.3, 0.4) is 0 Å². The summed E-state index contributed by atoms with van der Waals surface area (Å²) in [5, 5.41) is 187. The van der Waals surface area contributed by atoms with Gasteiger partial charge in [0.1, 0.15) is 153 Å². The van der Waals surface area contributed by atoms with E-state index in [2.05, 4.69) is 0 Å². The van der Waals surface area contributed by atoms with E-state index in [0.717, 1.165) is 6.92 Å². The maximum atomic E-state index is 12.4. The van der Waals surface area contributed by atoms with Gasteiger partial charge in [-0.25, -0.2) is 0 Å². The molecule has 0 radical (unpaired) electrons. The summed E-state index contributed by atoms with van der Waals surface area (Å²) in [6, 6.07) is 0. The molecular weight excluding hydrogens is 976 g/mol. The summed E-state index contributed by atoms with van der Waals surface area (Å²) in [7, 11) is 0. The Bertz CT molecular complexity index is 1680. The second-order valence-corrected chi connectivity index (χ2v) is 18.2. The molecule has 22 heterocycles. The topological polar surface area (TPSA) is 481 Å². The zero-order valence-corrected chi connectivity index (χ0v) is 38.0. The molecule has 0 amide bonds. The molecule has 31 atom stereocenters. The molecule has 22 fully saturated rings. The largest absolute Gasteiger partial charge is 0.394 e. The molecule has 0 aliphatic carbocycles. The van der Waals surface area contributed by atoms with Crippen molar-refractivity contribution in [3.8, 4) is 0 Å². The lowest BCUT2D eigenvalue weighted by Crippen LogP contribution is -2.69. The normalized spacial score (nSPS) is 52.7. The Morgan fingerprint density at radius 1 is 0.338 bits per heavy atom. The van der Waals surface area contributed by atoms with Crippen LogP contribution >= 0.6 is 0 Å². The number of carbonyl (C=O) groups excluding carboxylic acids is 1. The van der Waals surface area contributed by atoms with Gasteiger partial charge in [-0.05, 0) is 13.8 Å². The van der Waals surface area contributed by atoms with Crippen molar-refractivity contribution >= 4 is 5.78 Å². The molecule has 0 aromatic rings. The number of aliphatic hydroxyl groups is 17. The molecule has 71 heavy (non-hydrogen) atoms. The third-order valence-electron chi connectivity index (χ3n) is 13.6. The van der Waals surface area contributed by atoms with E-state index in [-0.39, 0.29) is 0 Å². The Hall–Kier alpha value is -1.53. The molecule has 412 valence electrons. The van der Waals surface area contributed by atoms with Crippen molar-refractivity contribution in [2.75, 3.05) is 39.6 Å². The summed E-state index contributed by atoms with van der Waals surface area (Å²) >= 11 is 0. The lowest BCUT2D eigenvalue weighted by molar-refractivity contribution is -0.405. The number of carbonyl (C=O) groups is 1. The highest BCUT2D eigenvalue weighted by Gasteiger charge is 2.59. The zero-order valence-electron chi connectivity index (χ0n) is 38.0. The lowest BCUT2D eigenvalue weighted by Gasteiger charge is -2.51. The summed E-state index contributed by atoms with van der Waals surface area (Å²) in [4.78, 5) is 12.4. The predicted octanol–water partition coefficient (Wildman–Crippen LogP) is -12.1. The maximum Gasteiger partial charge on any atom is 0.187 e. The second-order valence-electron chi connectivity index (χ2n) is 18.2. The van der Waals surface area contributed by atoms with Gasteiger partial charge in [0.05, 0.1) is 39.6 Å². The van der Waals surface area contributed by atoms with Gasteiger partial charge in [-0.2, -0.15) is 0 Å². The van der Waals surface area contributed by atoms with Crippen molar-refractivity contribution < 1.29 is 153 Å². The minimum atomic E-state index is -2.17. The molecule has 31 heteroatoms. The first-order chi connectivity index (χ1) is 33.7. The van der Waals surface area contributed by atoms with E-state index in [1.807, 2.05) is 0 Å². The van der Waals surface area contributed by atoms with E-state index in [0.29, 0.717) is 0 Å². The number of Topliss-reactive ketones (excluding diaryl/α,β-unsaturated/α-hetero) is 1. The minimum absolute atomic E-state index is 0.586. The molecule has 0 aromatic heterocycles. The molecule has 31 nitrogen and oxygen atoms in total. The Morgan fingerprint density at radius 2 is 0.535 bits per heavy atom. The van der Waals surface area contributed by atoms with Gasteiger partial charge in [0.15, 0.2) is 43.5 Å². The van der Waals surface area contributed by atoms with Crippen LogP contribution in [0.2, 0.25) is 0 Å². The molecule has 17 N–H and O–H groups in total. The van der Waals surface area contributed by atoms with Gasteiger partial charge in [-0.1, -0.05) is 0 Å². The average molecular weight is 1040 g/mol. The smallest absolute Gasteiger partial charge is 0.187 e. The van der Waals surface area contributed by atoms with E-state index in [4.69, 9.17) is 61.6 Å². The maximum absolute atomic E-state index is 12.4. The van der Waals surface area contributed by atoms with E-state index in [9.17, 15) is 91.6 Å². The summed E-state index contributed by atoms with van der Waals surface area (Å²) in [5.74, 6) is -0.586. The number of hydrogen-bond acceptors (Lipinski definition) is 31. The Morgan fingerprint density at radius 3 is 0.746 bits per heavy atom. The highest BCUT2D eigenvalue weighted by atomic mass is 16.8. The molecule has 22 aliphatic heterocycles. The number of ketones is 1. The monoisotopic (exact) mass is 1040 g/mol. The van der Waals surface area contributed by atoms with E-state index >= 15 is 0 Å². The molecule has 1 unspecified atom stereocenters. The first-order valence-electron chi connectivity index (χ1n) is 22.9. The van der Waals surface area contributed by atoms with Gasteiger partial charge in [-0.15, -0.1) is 0 Å². The number of hydrogen-bond donors (Lipinski definition) is 17. The number of rotatable bonds is 9. The van der Waals surface area contributed by atoms with E-state index in [1.54, 1.807) is 0 Å². The first-order valence-corrected chi connectivity index (χ1v) is 22.9. The first kappa shape index (κ1) is 57.2. The zero-order chi connectivity index (χ0) is 51.9. The van der Waals surface area contributed by atoms with Gasteiger partial charge >= 0.3 is 0 Å². The van der Waals surface area contributed by atoms with Crippen LogP contribution in [-0.4, -0.2) is 323 Å². The quantitative estimate of drug-likeness (QED) is 0.102. The van der Waals surface area contributed by atoms with Gasteiger partial charge < -0.3 is 148 Å². The van der Waals surface area contributed by atoms with Crippen LogP contribution < -0.4 is 0 Å². The van der Waals surface area contributed by atoms with Crippen LogP contribution in [0.4, 0.5) is 0 Å². The highest BCUT2D eigenvalue weighted by Crippen LogP contribution is 2.38. The number of aliphatic hydroxyl groups excluding tert-OH is 17. The highest BCUT2D eigenvalue weighted by molar-refractivity contribution is 5.79. The fraction of sp³-hybridized carbons (Fsp3) is 0.975. The van der Waals surface area contributed by atoms with Gasteiger partial charge in [0.25, 0.3) is 0 Å². The van der Waals surface area contributed by atoms with Crippen LogP contribution in [0.25, 0.3) is 0 Å². The van der Waals surface area contributed by atoms with Crippen molar-refractivity contribution in [1.29, 1.82) is 0 Å². The van der Waals surface area contributed by atoms with Gasteiger partial charge in [-0.3, -0.25) is 4.79 Å². The third kappa shape index (κ3) is 11.5. The lowest BCUT2D eigenvalue weighted by atomic mass is 9.94. The van der Waals surface area contributed by atoms with Crippen molar-refractivity contribution in [1.82, 2.24) is 0 Å². The number of ether oxygens (including phenoxy) is 13. The van der Waals surface area contributed by atoms with E-state index in [1.165, 1.54) is 6.92 Å². The molecule has 22 aliphatic rings. The molecular formula is C40H66O31. The summed E-state index contributed by atoms with van der Waals surface area (Å²) in [6.07, 6.45) is -59.8. The summed E-state index contributed by atoms with van der Waals surface area (Å²) in [6.45, 7) is -3.64. The van der Waals surface area contributed by atoms with Crippen LogP contribution in [0.1, 0.15) is 13.8 Å². The minimum Gasteiger partial charge on any atom is -0.394 e. The van der Waals surface area contributed by atoms with Gasteiger partial charge in [0, 0.05) is 0 Å². The Kier molecular flexibility index (Phi) is 19.5. The van der Waals surface area contributed by atoms with Crippen LogP contribution in [0, 0.1) is 0 Å². The standard InChI is InChI=1S/C40H66O31/c1-9(47)10(2)59-34-27(58)40-65-16(8-46)33(34)71-39-26(57)21(52)31(14(6-44)64-39)69-37-24(55)19(50)29(12(4-42)62-37)67-35-22(53)17(48)28(11(3-41)60-35)66-36-23(54)18(49)30(13(5-43)61-36)68-38-25(56)20(51)32(70-40)15(7-45)63-38/h10-46,48-58H,3-8H2,1-2H3/t10?,11-,12-,13-,14-,15-,16-,17-,18-,19-,20-,21-,22-,23-,24-,25-,26-,27-,28-,29-,30-,31-,32-,33+,34-,35-,36-,37-,38-,39-,40-/m1/s1. The molecule has 0 spiro atoms. The van der Waals surface area contributed by atoms with Crippen LogP contribution in [0.5, 0.6) is 0 Å². The molecule has 22 rings (SSSR count). The van der Waals surface area contributed by atoms with Crippen molar-refractivity contribution in [3.05, 3.63) is 0 Å². The second kappa shape index (κ2) is 24.2. The fourth-order valence-electron chi connectivity index (χ4n) is 9.40. The molecule has 0 aromatic carbocycles. The Balaban J connectivity index is 1.23. The summed E-state index contributed by atoms with van der Waals surface area (Å²) in [5.41, 5.74) is 0. The molecule has 22 saturated heterocycles. The van der Waals surface area contributed by atoms with E-state index < -0.39 is 236 Å². The summed E-state index contributed by atoms with van der Waals surface area (Å²) < 4.78 is 74.9. The van der Waals surface area contributed by atoms with Gasteiger partial charge in [0.2, 0.25) is 0 Å². The van der Waals surface area contributed by atoms with Crippen LogP contribution in [0.15, 0.2) is 0 Å². The third-order valence-corrected chi connectivity index (χ3v) is 13.6. The Labute approximate surface area is 402 Å². The predicted molar refractivity (Wildman–Crippen MR) is 215 cm³/mol.